The molecule has 0 radical (unpaired) electrons. The molecule has 0 aliphatic carbocycles. The van der Waals surface area contributed by atoms with E-state index >= 15 is 0 Å². The van der Waals surface area contributed by atoms with Gasteiger partial charge in [0.1, 0.15) is 0 Å². The Labute approximate surface area is 124 Å². The number of hydrogen-bond acceptors (Lipinski definition) is 5. The first-order chi connectivity index (χ1) is 8.95. The molecule has 6 heteroatoms. The SMILES string of the molecule is COC(=O)C(C)(CI)C(=O)OC(=O)c1ccccc1. The fourth-order valence-corrected chi connectivity index (χ4v) is 1.87. The van der Waals surface area contributed by atoms with Crippen LogP contribution in [0.3, 0.4) is 0 Å². The van der Waals surface area contributed by atoms with Crippen molar-refractivity contribution in [3.05, 3.63) is 35.9 Å². The summed E-state index contributed by atoms with van der Waals surface area (Å²) in [5.74, 6) is -2.43. The first kappa shape index (κ1) is 15.6. The van der Waals surface area contributed by atoms with E-state index in [4.69, 9.17) is 4.74 Å². The van der Waals surface area contributed by atoms with Crippen LogP contribution in [0.15, 0.2) is 30.3 Å². The molecule has 0 bridgehead atoms. The van der Waals surface area contributed by atoms with Crippen molar-refractivity contribution in [1.82, 2.24) is 0 Å². The maximum atomic E-state index is 11.9. The quantitative estimate of drug-likeness (QED) is 0.348. The summed E-state index contributed by atoms with van der Waals surface area (Å²) >= 11 is 1.87. The lowest BCUT2D eigenvalue weighted by molar-refractivity contribution is -0.163. The van der Waals surface area contributed by atoms with Crippen molar-refractivity contribution in [1.29, 1.82) is 0 Å². The lowest BCUT2D eigenvalue weighted by atomic mass is 9.94. The molecule has 0 saturated carbocycles. The van der Waals surface area contributed by atoms with Gasteiger partial charge in [0.2, 0.25) is 0 Å². The lowest BCUT2D eigenvalue weighted by Crippen LogP contribution is -2.41. The Bertz CT molecular complexity index is 485. The maximum absolute atomic E-state index is 11.9. The summed E-state index contributed by atoms with van der Waals surface area (Å²) in [6, 6.07) is 8.09. The molecule has 0 aromatic heterocycles. The van der Waals surface area contributed by atoms with Crippen molar-refractivity contribution < 1.29 is 23.9 Å². The third-order valence-corrected chi connectivity index (χ3v) is 4.07. The molecule has 0 aliphatic heterocycles. The number of hydrogen-bond donors (Lipinski definition) is 0. The number of rotatable bonds is 4. The summed E-state index contributed by atoms with van der Waals surface area (Å²) < 4.78 is 9.44. The van der Waals surface area contributed by atoms with E-state index in [9.17, 15) is 14.4 Å². The Kier molecular flexibility index (Phi) is 5.46. The predicted octanol–water partition coefficient (Wildman–Crippen LogP) is 1.98. The van der Waals surface area contributed by atoms with Crippen LogP contribution < -0.4 is 0 Å². The van der Waals surface area contributed by atoms with Gasteiger partial charge in [-0.1, -0.05) is 40.8 Å². The van der Waals surface area contributed by atoms with Gasteiger partial charge in [-0.2, -0.15) is 0 Å². The highest BCUT2D eigenvalue weighted by Gasteiger charge is 2.44. The fourth-order valence-electron chi connectivity index (χ4n) is 1.25. The number of methoxy groups -OCH3 is 1. The standard InChI is InChI=1S/C13H13IO5/c1-13(8-14,11(16)18-2)12(17)19-10(15)9-6-4-3-5-7-9/h3-7H,8H2,1-2H3. The number of carbonyl (C=O) groups excluding carboxylic acids is 3. The zero-order valence-electron chi connectivity index (χ0n) is 10.5. The number of halogens is 1. The molecule has 0 fully saturated rings. The molecule has 19 heavy (non-hydrogen) atoms. The van der Waals surface area contributed by atoms with Gasteiger partial charge in [-0.15, -0.1) is 0 Å². The van der Waals surface area contributed by atoms with Gasteiger partial charge in [0, 0.05) is 4.43 Å². The second-order valence-corrected chi connectivity index (χ2v) is 4.76. The smallest absolute Gasteiger partial charge is 0.345 e. The molecular formula is C13H13IO5. The van der Waals surface area contributed by atoms with Gasteiger partial charge in [-0.3, -0.25) is 9.59 Å². The van der Waals surface area contributed by atoms with E-state index in [0.29, 0.717) is 0 Å². The van der Waals surface area contributed by atoms with Crippen LogP contribution in [0.25, 0.3) is 0 Å². The van der Waals surface area contributed by atoms with Gasteiger partial charge in [-0.25, -0.2) is 4.79 Å². The van der Waals surface area contributed by atoms with E-state index in [0.717, 1.165) is 0 Å². The highest BCUT2D eigenvalue weighted by atomic mass is 127. The molecule has 1 aromatic carbocycles. The van der Waals surface area contributed by atoms with Crippen LogP contribution in [0, 0.1) is 5.41 Å². The summed E-state index contributed by atoms with van der Waals surface area (Å²) in [5, 5.41) is 0. The van der Waals surface area contributed by atoms with Gasteiger partial charge < -0.3 is 9.47 Å². The van der Waals surface area contributed by atoms with Crippen LogP contribution in [-0.2, 0) is 19.1 Å². The van der Waals surface area contributed by atoms with Gasteiger partial charge in [0.25, 0.3) is 0 Å². The maximum Gasteiger partial charge on any atom is 0.345 e. The van der Waals surface area contributed by atoms with Crippen molar-refractivity contribution in [2.75, 3.05) is 11.5 Å². The highest BCUT2D eigenvalue weighted by molar-refractivity contribution is 14.1. The topological polar surface area (TPSA) is 69.7 Å². The van der Waals surface area contributed by atoms with E-state index in [1.165, 1.54) is 26.2 Å². The molecule has 0 saturated heterocycles. The summed E-state index contributed by atoms with van der Waals surface area (Å²) in [6.07, 6.45) is 0. The van der Waals surface area contributed by atoms with Gasteiger partial charge in [0.05, 0.1) is 12.7 Å². The normalized spacial score (nSPS) is 13.2. The summed E-state index contributed by atoms with van der Waals surface area (Å²) in [6.45, 7) is 1.38. The molecule has 1 rings (SSSR count). The zero-order chi connectivity index (χ0) is 14.5. The molecule has 0 spiro atoms. The lowest BCUT2D eigenvalue weighted by Gasteiger charge is -2.21. The van der Waals surface area contributed by atoms with Crippen molar-refractivity contribution in [3.63, 3.8) is 0 Å². The molecule has 5 nitrogen and oxygen atoms in total. The Morgan fingerprint density at radius 3 is 2.21 bits per heavy atom. The second kappa shape index (κ2) is 6.65. The second-order valence-electron chi connectivity index (χ2n) is 4.00. The molecule has 1 unspecified atom stereocenters. The zero-order valence-corrected chi connectivity index (χ0v) is 12.7. The highest BCUT2D eigenvalue weighted by Crippen LogP contribution is 2.24. The van der Waals surface area contributed by atoms with Crippen LogP contribution in [0.1, 0.15) is 17.3 Å². The minimum Gasteiger partial charge on any atom is -0.468 e. The van der Waals surface area contributed by atoms with E-state index in [2.05, 4.69) is 4.74 Å². The van der Waals surface area contributed by atoms with Gasteiger partial charge in [-0.05, 0) is 19.1 Å². The minimum absolute atomic E-state index is 0.151. The number of ether oxygens (including phenoxy) is 2. The van der Waals surface area contributed by atoms with Crippen LogP contribution in [0.2, 0.25) is 0 Å². The van der Waals surface area contributed by atoms with E-state index < -0.39 is 23.3 Å². The molecule has 0 aliphatic rings. The van der Waals surface area contributed by atoms with Crippen molar-refractivity contribution in [2.45, 2.75) is 6.92 Å². The minimum atomic E-state index is -1.49. The summed E-state index contributed by atoms with van der Waals surface area (Å²) in [4.78, 5) is 35.2. The average Bonchev–Trinajstić information content (AvgIpc) is 2.46. The molecule has 0 heterocycles. The molecular weight excluding hydrogens is 363 g/mol. The monoisotopic (exact) mass is 376 g/mol. The van der Waals surface area contributed by atoms with Crippen molar-refractivity contribution in [3.8, 4) is 0 Å². The van der Waals surface area contributed by atoms with E-state index in [1.54, 1.807) is 18.2 Å². The summed E-state index contributed by atoms with van der Waals surface area (Å²) in [5.41, 5.74) is -1.24. The Morgan fingerprint density at radius 2 is 1.74 bits per heavy atom. The summed E-state index contributed by atoms with van der Waals surface area (Å²) in [7, 11) is 1.18. The van der Waals surface area contributed by atoms with Crippen LogP contribution in [0.5, 0.6) is 0 Å². The molecule has 0 amide bonds. The van der Waals surface area contributed by atoms with Gasteiger partial charge in [0.15, 0.2) is 5.41 Å². The van der Waals surface area contributed by atoms with Crippen molar-refractivity contribution >= 4 is 40.5 Å². The first-order valence-corrected chi connectivity index (χ1v) is 6.94. The number of esters is 3. The number of benzene rings is 1. The molecule has 102 valence electrons. The predicted molar refractivity (Wildman–Crippen MR) is 75.9 cm³/mol. The number of alkyl halides is 1. The Morgan fingerprint density at radius 1 is 1.16 bits per heavy atom. The largest absolute Gasteiger partial charge is 0.468 e. The van der Waals surface area contributed by atoms with Crippen LogP contribution >= 0.6 is 22.6 Å². The van der Waals surface area contributed by atoms with E-state index in [-0.39, 0.29) is 9.99 Å². The van der Waals surface area contributed by atoms with Gasteiger partial charge >= 0.3 is 17.9 Å². The Balaban J connectivity index is 2.84. The average molecular weight is 376 g/mol. The van der Waals surface area contributed by atoms with Crippen LogP contribution in [0.4, 0.5) is 0 Å². The third-order valence-electron chi connectivity index (χ3n) is 2.55. The van der Waals surface area contributed by atoms with Crippen molar-refractivity contribution in [2.24, 2.45) is 5.41 Å². The molecule has 0 N–H and O–H groups in total. The third kappa shape index (κ3) is 3.52. The molecule has 1 aromatic rings. The van der Waals surface area contributed by atoms with E-state index in [1.807, 2.05) is 22.6 Å². The fraction of sp³-hybridized carbons (Fsp3) is 0.308. The number of carbonyl (C=O) groups is 3. The Hall–Kier alpha value is -1.44. The first-order valence-electron chi connectivity index (χ1n) is 5.41. The molecule has 1 atom stereocenters. The van der Waals surface area contributed by atoms with Crippen LogP contribution in [-0.4, -0.2) is 29.4 Å².